The second-order valence-corrected chi connectivity index (χ2v) is 7.27. The molecule has 0 aliphatic carbocycles. The van der Waals surface area contributed by atoms with Gasteiger partial charge >= 0.3 is 0 Å². The van der Waals surface area contributed by atoms with Gasteiger partial charge in [0, 0.05) is 33.6 Å². The highest BCUT2D eigenvalue weighted by atomic mass is 35.5. The van der Waals surface area contributed by atoms with Crippen LogP contribution in [0.3, 0.4) is 0 Å². The fourth-order valence-corrected chi connectivity index (χ4v) is 3.60. The predicted molar refractivity (Wildman–Crippen MR) is 108 cm³/mol. The van der Waals surface area contributed by atoms with Crippen molar-refractivity contribution in [1.29, 1.82) is 0 Å². The van der Waals surface area contributed by atoms with Crippen LogP contribution in [0.25, 0.3) is 0 Å². The van der Waals surface area contributed by atoms with Crippen LogP contribution in [0.4, 0.5) is 11.4 Å². The van der Waals surface area contributed by atoms with Crippen LogP contribution in [0.1, 0.15) is 11.7 Å². The summed E-state index contributed by atoms with van der Waals surface area (Å²) < 4.78 is 1.79. The first-order chi connectivity index (χ1) is 13.5. The van der Waals surface area contributed by atoms with Gasteiger partial charge in [0.1, 0.15) is 0 Å². The zero-order valence-electron chi connectivity index (χ0n) is 14.7. The number of pyridine rings is 1. The Morgan fingerprint density at radius 2 is 1.79 bits per heavy atom. The van der Waals surface area contributed by atoms with E-state index in [4.69, 9.17) is 23.2 Å². The number of aromatic nitrogens is 1. The summed E-state index contributed by atoms with van der Waals surface area (Å²) >= 11 is 12.0. The molecule has 0 saturated carbocycles. The second kappa shape index (κ2) is 7.62. The van der Waals surface area contributed by atoms with Crippen LogP contribution in [-0.4, -0.2) is 11.8 Å². The number of carbonyl (C=O) groups excluding carboxylic acids is 2. The average molecular weight is 413 g/mol. The molecule has 1 aliphatic heterocycles. The summed E-state index contributed by atoms with van der Waals surface area (Å²) in [4.78, 5) is 27.7. The van der Waals surface area contributed by atoms with Crippen molar-refractivity contribution in [3.63, 3.8) is 0 Å². The molecule has 2 aromatic carbocycles. The quantitative estimate of drug-likeness (QED) is 0.660. The van der Waals surface area contributed by atoms with Gasteiger partial charge in [-0.25, -0.2) is 0 Å². The van der Waals surface area contributed by atoms with Gasteiger partial charge in [-0.05, 0) is 42.5 Å². The van der Waals surface area contributed by atoms with E-state index in [-0.39, 0.29) is 18.4 Å². The third-order valence-corrected chi connectivity index (χ3v) is 5.02. The van der Waals surface area contributed by atoms with E-state index < -0.39 is 6.04 Å². The predicted octanol–water partition coefficient (Wildman–Crippen LogP) is 4.01. The van der Waals surface area contributed by atoms with Gasteiger partial charge in [0.05, 0.1) is 0 Å². The summed E-state index contributed by atoms with van der Waals surface area (Å²) in [6.45, 7) is 0.146. The number of benzene rings is 2. The SMILES string of the molecule is O=C(Nc1ccc(Cl)cc1)C1c2cccc[n+]2CC(=O)N1c1cccc(Cl)c1. The molecule has 5 nitrogen and oxygen atoms in total. The summed E-state index contributed by atoms with van der Waals surface area (Å²) in [5, 5.41) is 3.95. The van der Waals surface area contributed by atoms with E-state index in [0.717, 1.165) is 0 Å². The lowest BCUT2D eigenvalue weighted by Crippen LogP contribution is -2.58. The molecule has 1 unspecified atom stereocenters. The standard InChI is InChI=1S/C21H15Cl2N3O2/c22-14-7-9-16(10-8-14)24-21(28)20-18-6-1-2-11-25(18)13-19(27)26(20)17-5-3-4-15(23)12-17/h1-12,20H,13H2/p+1. The minimum absolute atomic E-state index is 0.146. The molecular weight excluding hydrogens is 397 g/mol. The molecule has 28 heavy (non-hydrogen) atoms. The fourth-order valence-electron chi connectivity index (χ4n) is 3.29. The summed E-state index contributed by atoms with van der Waals surface area (Å²) in [7, 11) is 0. The number of halogens is 2. The Kier molecular flexibility index (Phi) is 5.03. The molecule has 0 saturated heterocycles. The number of hydrogen-bond acceptors (Lipinski definition) is 2. The van der Waals surface area contributed by atoms with E-state index in [0.29, 0.717) is 27.1 Å². The minimum atomic E-state index is -0.836. The zero-order chi connectivity index (χ0) is 19.7. The first-order valence-electron chi connectivity index (χ1n) is 8.65. The zero-order valence-corrected chi connectivity index (χ0v) is 16.2. The number of amides is 2. The van der Waals surface area contributed by atoms with Crippen LogP contribution in [0, 0.1) is 0 Å². The first kappa shape index (κ1) is 18.5. The third kappa shape index (κ3) is 3.59. The highest BCUT2D eigenvalue weighted by molar-refractivity contribution is 6.31. The first-order valence-corrected chi connectivity index (χ1v) is 9.41. The largest absolute Gasteiger partial charge is 0.324 e. The van der Waals surface area contributed by atoms with E-state index in [1.54, 1.807) is 59.3 Å². The molecule has 1 atom stereocenters. The molecule has 1 N–H and O–H groups in total. The molecule has 7 heteroatoms. The molecule has 2 heterocycles. The molecule has 3 aromatic rings. The smallest absolute Gasteiger partial charge is 0.294 e. The molecule has 0 spiro atoms. The Labute approximate surface area is 172 Å². The van der Waals surface area contributed by atoms with Crippen LogP contribution in [0.15, 0.2) is 72.9 Å². The lowest BCUT2D eigenvalue weighted by Gasteiger charge is -2.32. The van der Waals surface area contributed by atoms with E-state index in [1.165, 1.54) is 4.90 Å². The monoisotopic (exact) mass is 412 g/mol. The molecule has 0 bridgehead atoms. The van der Waals surface area contributed by atoms with Crippen LogP contribution >= 0.6 is 23.2 Å². The Morgan fingerprint density at radius 1 is 1.00 bits per heavy atom. The Balaban J connectivity index is 1.77. The maximum Gasteiger partial charge on any atom is 0.294 e. The van der Waals surface area contributed by atoms with Crippen molar-refractivity contribution in [2.75, 3.05) is 10.2 Å². The van der Waals surface area contributed by atoms with Crippen molar-refractivity contribution in [2.45, 2.75) is 12.6 Å². The number of anilines is 2. The molecular formula is C21H16Cl2N3O2+. The van der Waals surface area contributed by atoms with Crippen molar-refractivity contribution in [3.05, 3.63) is 88.7 Å². The number of nitrogens with zero attached hydrogens (tertiary/aromatic N) is 2. The van der Waals surface area contributed by atoms with Gasteiger partial charge in [-0.2, -0.15) is 4.57 Å². The maximum absolute atomic E-state index is 13.2. The molecule has 140 valence electrons. The summed E-state index contributed by atoms with van der Waals surface area (Å²) in [6.07, 6.45) is 1.80. The number of carbonyl (C=O) groups is 2. The summed E-state index contributed by atoms with van der Waals surface area (Å²) in [5.74, 6) is -0.516. The highest BCUT2D eigenvalue weighted by Gasteiger charge is 2.43. The van der Waals surface area contributed by atoms with E-state index in [9.17, 15) is 9.59 Å². The van der Waals surface area contributed by atoms with Crippen molar-refractivity contribution in [3.8, 4) is 0 Å². The van der Waals surface area contributed by atoms with Gasteiger partial charge in [0.2, 0.25) is 18.3 Å². The van der Waals surface area contributed by atoms with Crippen molar-refractivity contribution in [1.82, 2.24) is 0 Å². The number of rotatable bonds is 3. The third-order valence-electron chi connectivity index (χ3n) is 4.53. The summed E-state index contributed by atoms with van der Waals surface area (Å²) in [6, 6.07) is 18.4. The normalized spacial score (nSPS) is 15.9. The molecule has 1 aliphatic rings. The Bertz CT molecular complexity index is 1050. The van der Waals surface area contributed by atoms with Crippen LogP contribution in [0.5, 0.6) is 0 Å². The van der Waals surface area contributed by atoms with Crippen LogP contribution in [0.2, 0.25) is 10.0 Å². The van der Waals surface area contributed by atoms with Crippen molar-refractivity contribution < 1.29 is 14.2 Å². The highest BCUT2D eigenvalue weighted by Crippen LogP contribution is 2.31. The van der Waals surface area contributed by atoms with Crippen LogP contribution in [-0.2, 0) is 16.1 Å². The van der Waals surface area contributed by atoms with Gasteiger partial charge in [0.25, 0.3) is 11.8 Å². The van der Waals surface area contributed by atoms with E-state index >= 15 is 0 Å². The van der Waals surface area contributed by atoms with Gasteiger partial charge in [0.15, 0.2) is 6.20 Å². The van der Waals surface area contributed by atoms with Gasteiger partial charge < -0.3 is 5.32 Å². The number of hydrogen-bond donors (Lipinski definition) is 1. The lowest BCUT2D eigenvalue weighted by molar-refractivity contribution is -0.695. The Hall–Kier alpha value is -2.89. The molecule has 1 aromatic heterocycles. The van der Waals surface area contributed by atoms with Crippen molar-refractivity contribution in [2.24, 2.45) is 0 Å². The second-order valence-electron chi connectivity index (χ2n) is 6.40. The lowest BCUT2D eigenvalue weighted by atomic mass is 10.0. The van der Waals surface area contributed by atoms with Crippen LogP contribution < -0.4 is 14.8 Å². The average Bonchev–Trinajstić information content (AvgIpc) is 2.68. The van der Waals surface area contributed by atoms with E-state index in [2.05, 4.69) is 5.32 Å². The summed E-state index contributed by atoms with van der Waals surface area (Å²) in [5.41, 5.74) is 1.89. The molecule has 0 fully saturated rings. The van der Waals surface area contributed by atoms with E-state index in [1.807, 2.05) is 18.2 Å². The number of fused-ring (bicyclic) bond motifs is 1. The van der Waals surface area contributed by atoms with Crippen molar-refractivity contribution >= 4 is 46.4 Å². The van der Waals surface area contributed by atoms with Gasteiger partial charge in [-0.15, -0.1) is 0 Å². The molecule has 4 rings (SSSR count). The van der Waals surface area contributed by atoms with Gasteiger partial charge in [-0.3, -0.25) is 14.5 Å². The fraction of sp³-hybridized carbons (Fsp3) is 0.0952. The number of nitrogens with one attached hydrogen (secondary N) is 1. The minimum Gasteiger partial charge on any atom is -0.324 e. The molecule has 2 amide bonds. The van der Waals surface area contributed by atoms with Gasteiger partial charge in [-0.1, -0.05) is 35.3 Å². The maximum atomic E-state index is 13.2. The molecule has 0 radical (unpaired) electrons. The topological polar surface area (TPSA) is 53.3 Å². The Morgan fingerprint density at radius 3 is 2.54 bits per heavy atom.